The molecule has 4 atom stereocenters. The molecule has 2 unspecified atom stereocenters. The van der Waals surface area contributed by atoms with Gasteiger partial charge < -0.3 is 16.2 Å². The van der Waals surface area contributed by atoms with Crippen molar-refractivity contribution < 1.29 is 9.90 Å². The molecule has 4 rings (SSSR count). The summed E-state index contributed by atoms with van der Waals surface area (Å²) in [5.74, 6) is 0.823. The largest absolute Gasteiger partial charge is 0.397 e. The summed E-state index contributed by atoms with van der Waals surface area (Å²) in [6, 6.07) is 5.75. The van der Waals surface area contributed by atoms with E-state index in [1.54, 1.807) is 12.4 Å². The molecule has 2 aromatic heterocycles. The molecule has 0 aromatic carbocycles. The molecular weight excluding hydrogens is 388 g/mol. The molecular formula is C25H34N4O2. The smallest absolute Gasteiger partial charge is 0.276 e. The minimum atomic E-state index is -0.290. The maximum Gasteiger partial charge on any atom is 0.276 e. The van der Waals surface area contributed by atoms with E-state index in [4.69, 9.17) is 5.73 Å². The molecule has 2 saturated carbocycles. The topological polar surface area (TPSA) is 101 Å². The van der Waals surface area contributed by atoms with Crippen LogP contribution in [0.1, 0.15) is 92.4 Å². The molecule has 0 spiro atoms. The monoisotopic (exact) mass is 422 g/mol. The van der Waals surface area contributed by atoms with Gasteiger partial charge in [-0.05, 0) is 67.2 Å². The van der Waals surface area contributed by atoms with Crippen LogP contribution in [0.2, 0.25) is 0 Å². The molecule has 2 aromatic rings. The van der Waals surface area contributed by atoms with E-state index in [2.05, 4.69) is 29.1 Å². The molecule has 166 valence electrons. The van der Waals surface area contributed by atoms with Gasteiger partial charge >= 0.3 is 0 Å². The van der Waals surface area contributed by atoms with Crippen LogP contribution in [0.15, 0.2) is 30.6 Å². The zero-order valence-electron chi connectivity index (χ0n) is 18.6. The van der Waals surface area contributed by atoms with Gasteiger partial charge in [-0.25, -0.2) is 4.98 Å². The minimum absolute atomic E-state index is 0.218. The molecule has 6 nitrogen and oxygen atoms in total. The number of aromatic nitrogens is 2. The van der Waals surface area contributed by atoms with E-state index in [9.17, 15) is 9.90 Å². The SMILES string of the molecule is C[C@@H]1CC(c2ccncc2NC(=O)c2nc(C3CCCCC3)ccc2N)C[C@H](C)C1O. The lowest BCUT2D eigenvalue weighted by Crippen LogP contribution is -2.33. The first-order chi connectivity index (χ1) is 14.9. The highest BCUT2D eigenvalue weighted by Crippen LogP contribution is 2.41. The molecule has 31 heavy (non-hydrogen) atoms. The van der Waals surface area contributed by atoms with E-state index in [1.807, 2.05) is 18.2 Å². The number of nitrogen functional groups attached to an aromatic ring is 1. The Balaban J connectivity index is 1.56. The van der Waals surface area contributed by atoms with Gasteiger partial charge in [0.15, 0.2) is 5.69 Å². The number of hydrogen-bond donors (Lipinski definition) is 3. The standard InChI is InChI=1S/C25H34N4O2/c1-15-12-18(13-16(2)24(15)30)19-10-11-27-14-22(19)29-25(31)23-20(26)8-9-21(28-23)17-6-4-3-5-7-17/h8-11,14-18,24,30H,3-7,12-13,26H2,1-2H3,(H,29,31)/t15-,16+,18?,24?. The Kier molecular flexibility index (Phi) is 6.56. The molecule has 0 radical (unpaired) electrons. The van der Waals surface area contributed by atoms with Crippen LogP contribution in [0.5, 0.6) is 0 Å². The molecule has 0 bridgehead atoms. The Morgan fingerprint density at radius 3 is 2.48 bits per heavy atom. The summed E-state index contributed by atoms with van der Waals surface area (Å²) in [6.45, 7) is 4.18. The van der Waals surface area contributed by atoms with Crippen molar-refractivity contribution in [2.24, 2.45) is 11.8 Å². The van der Waals surface area contributed by atoms with Gasteiger partial charge in [0.25, 0.3) is 5.91 Å². The molecule has 6 heteroatoms. The fourth-order valence-electron chi connectivity index (χ4n) is 5.43. The molecule has 1 amide bonds. The van der Waals surface area contributed by atoms with E-state index >= 15 is 0 Å². The van der Waals surface area contributed by atoms with E-state index < -0.39 is 0 Å². The maximum absolute atomic E-state index is 13.2. The summed E-state index contributed by atoms with van der Waals surface area (Å²) in [4.78, 5) is 22.1. The number of anilines is 2. The summed E-state index contributed by atoms with van der Waals surface area (Å²) < 4.78 is 0. The Morgan fingerprint density at radius 2 is 1.77 bits per heavy atom. The summed E-state index contributed by atoms with van der Waals surface area (Å²) in [5, 5.41) is 13.4. The Morgan fingerprint density at radius 1 is 1.06 bits per heavy atom. The number of amides is 1. The van der Waals surface area contributed by atoms with Crippen molar-refractivity contribution in [3.05, 3.63) is 47.5 Å². The number of nitrogens with two attached hydrogens (primary N) is 1. The summed E-state index contributed by atoms with van der Waals surface area (Å²) >= 11 is 0. The third kappa shape index (κ3) is 4.74. The number of aliphatic hydroxyl groups excluding tert-OH is 1. The second-order valence-electron chi connectivity index (χ2n) is 9.54. The first-order valence-electron chi connectivity index (χ1n) is 11.6. The lowest BCUT2D eigenvalue weighted by atomic mass is 9.72. The number of carbonyl (C=O) groups is 1. The molecule has 2 aliphatic rings. The summed E-state index contributed by atoms with van der Waals surface area (Å²) in [5.41, 5.74) is 9.56. The lowest BCUT2D eigenvalue weighted by Gasteiger charge is -2.36. The summed E-state index contributed by atoms with van der Waals surface area (Å²) in [6.07, 6.45) is 10.9. The maximum atomic E-state index is 13.2. The fourth-order valence-corrected chi connectivity index (χ4v) is 5.43. The van der Waals surface area contributed by atoms with E-state index in [-0.39, 0.29) is 29.8 Å². The highest BCUT2D eigenvalue weighted by molar-refractivity contribution is 6.06. The van der Waals surface area contributed by atoms with Crippen molar-refractivity contribution in [3.63, 3.8) is 0 Å². The van der Waals surface area contributed by atoms with Crippen LogP contribution in [-0.2, 0) is 0 Å². The number of pyridine rings is 2. The molecule has 2 heterocycles. The van der Waals surface area contributed by atoms with E-state index in [1.165, 1.54) is 19.3 Å². The normalized spacial score (nSPS) is 27.1. The molecule has 2 aliphatic carbocycles. The number of carbonyl (C=O) groups excluding carboxylic acids is 1. The van der Waals surface area contributed by atoms with Crippen LogP contribution >= 0.6 is 0 Å². The Labute approximate surface area is 184 Å². The highest BCUT2D eigenvalue weighted by atomic mass is 16.3. The molecule has 0 saturated heterocycles. The first-order valence-corrected chi connectivity index (χ1v) is 11.6. The Hall–Kier alpha value is -2.47. The van der Waals surface area contributed by atoms with Gasteiger partial charge in [0.2, 0.25) is 0 Å². The highest BCUT2D eigenvalue weighted by Gasteiger charge is 2.33. The predicted octanol–water partition coefficient (Wildman–Crippen LogP) is 4.87. The van der Waals surface area contributed by atoms with Gasteiger partial charge in [0.05, 0.1) is 23.7 Å². The van der Waals surface area contributed by atoms with E-state index in [0.717, 1.165) is 36.9 Å². The second kappa shape index (κ2) is 9.35. The van der Waals surface area contributed by atoms with Crippen molar-refractivity contribution in [3.8, 4) is 0 Å². The average molecular weight is 423 g/mol. The number of nitrogens with zero attached hydrogens (tertiary/aromatic N) is 2. The van der Waals surface area contributed by atoms with Crippen LogP contribution < -0.4 is 11.1 Å². The van der Waals surface area contributed by atoms with Gasteiger partial charge in [-0.1, -0.05) is 33.1 Å². The van der Waals surface area contributed by atoms with Crippen molar-refractivity contribution in [2.75, 3.05) is 11.1 Å². The van der Waals surface area contributed by atoms with Crippen LogP contribution in [0, 0.1) is 11.8 Å². The fraction of sp³-hybridized carbons (Fsp3) is 0.560. The zero-order valence-corrected chi connectivity index (χ0v) is 18.6. The molecule has 2 fully saturated rings. The first kappa shape index (κ1) is 21.8. The Bertz CT molecular complexity index is 913. The predicted molar refractivity (Wildman–Crippen MR) is 123 cm³/mol. The number of hydrogen-bond acceptors (Lipinski definition) is 5. The number of nitrogens with one attached hydrogen (secondary N) is 1. The minimum Gasteiger partial charge on any atom is -0.397 e. The zero-order chi connectivity index (χ0) is 22.0. The summed E-state index contributed by atoms with van der Waals surface area (Å²) in [7, 11) is 0. The van der Waals surface area contributed by atoms with Gasteiger partial charge in [-0.3, -0.25) is 9.78 Å². The second-order valence-corrected chi connectivity index (χ2v) is 9.54. The van der Waals surface area contributed by atoms with Gasteiger partial charge in [0, 0.05) is 17.8 Å². The molecule has 4 N–H and O–H groups in total. The van der Waals surface area contributed by atoms with Crippen LogP contribution in [0.25, 0.3) is 0 Å². The van der Waals surface area contributed by atoms with Crippen molar-refractivity contribution >= 4 is 17.3 Å². The molecule has 0 aliphatic heterocycles. The van der Waals surface area contributed by atoms with Crippen molar-refractivity contribution in [1.29, 1.82) is 0 Å². The van der Waals surface area contributed by atoms with Crippen LogP contribution in [-0.4, -0.2) is 27.1 Å². The van der Waals surface area contributed by atoms with Crippen LogP contribution in [0.3, 0.4) is 0 Å². The third-order valence-corrected chi connectivity index (χ3v) is 7.21. The lowest BCUT2D eigenvalue weighted by molar-refractivity contribution is 0.0252. The third-order valence-electron chi connectivity index (χ3n) is 7.21. The van der Waals surface area contributed by atoms with Gasteiger partial charge in [-0.15, -0.1) is 0 Å². The average Bonchev–Trinajstić information content (AvgIpc) is 2.78. The van der Waals surface area contributed by atoms with Crippen molar-refractivity contribution in [2.45, 2.75) is 76.7 Å². The number of rotatable bonds is 4. The number of aliphatic hydroxyl groups is 1. The quantitative estimate of drug-likeness (QED) is 0.652. The van der Waals surface area contributed by atoms with Crippen molar-refractivity contribution in [1.82, 2.24) is 9.97 Å². The van der Waals surface area contributed by atoms with Gasteiger partial charge in [0.1, 0.15) is 0 Å². The van der Waals surface area contributed by atoms with Gasteiger partial charge in [-0.2, -0.15) is 0 Å². The van der Waals surface area contributed by atoms with Crippen LogP contribution in [0.4, 0.5) is 11.4 Å². The van der Waals surface area contributed by atoms with E-state index in [0.29, 0.717) is 23.0 Å².